The Balaban J connectivity index is 2.27. The van der Waals surface area contributed by atoms with E-state index in [0.29, 0.717) is 31.2 Å². The Morgan fingerprint density at radius 1 is 1.45 bits per heavy atom. The molecule has 0 radical (unpaired) electrons. The Morgan fingerprint density at radius 3 is 2.80 bits per heavy atom. The van der Waals surface area contributed by atoms with Crippen LogP contribution in [0.3, 0.4) is 0 Å². The summed E-state index contributed by atoms with van der Waals surface area (Å²) in [6.07, 6.45) is 0.670. The number of nitrogens with one attached hydrogen (secondary N) is 2. The number of hydrogen-bond acceptors (Lipinski definition) is 4. The highest BCUT2D eigenvalue weighted by molar-refractivity contribution is 7.89. The second-order valence-electron chi connectivity index (χ2n) is 5.25. The molecule has 1 saturated heterocycles. The van der Waals surface area contributed by atoms with Crippen molar-refractivity contribution < 1.29 is 13.2 Å². The SMILES string of the molecule is CNCc1cc(S(=O)(=O)NC2(C)CCOC2)ccc1Cl. The Morgan fingerprint density at radius 2 is 2.20 bits per heavy atom. The van der Waals surface area contributed by atoms with Crippen molar-refractivity contribution in [3.8, 4) is 0 Å². The van der Waals surface area contributed by atoms with Gasteiger partial charge >= 0.3 is 0 Å². The van der Waals surface area contributed by atoms with Crippen LogP contribution >= 0.6 is 11.6 Å². The molecule has 1 atom stereocenters. The molecule has 112 valence electrons. The summed E-state index contributed by atoms with van der Waals surface area (Å²) in [5.74, 6) is 0. The minimum atomic E-state index is -3.58. The second kappa shape index (κ2) is 5.99. The summed E-state index contributed by atoms with van der Waals surface area (Å²) >= 11 is 6.05. The number of ether oxygens (including phenoxy) is 1. The topological polar surface area (TPSA) is 67.4 Å². The van der Waals surface area contributed by atoms with E-state index in [-0.39, 0.29) is 4.90 Å². The first kappa shape index (κ1) is 15.7. The minimum absolute atomic E-state index is 0.222. The van der Waals surface area contributed by atoms with E-state index in [1.807, 2.05) is 6.92 Å². The van der Waals surface area contributed by atoms with Gasteiger partial charge in [0.15, 0.2) is 0 Å². The average molecular weight is 319 g/mol. The zero-order chi connectivity index (χ0) is 14.8. The molecule has 1 fully saturated rings. The lowest BCUT2D eigenvalue weighted by Gasteiger charge is -2.23. The van der Waals surface area contributed by atoms with Gasteiger partial charge in [0.25, 0.3) is 0 Å². The molecular weight excluding hydrogens is 300 g/mol. The molecule has 0 saturated carbocycles. The third kappa shape index (κ3) is 3.51. The summed E-state index contributed by atoms with van der Waals surface area (Å²) in [5.41, 5.74) is 0.214. The largest absolute Gasteiger partial charge is 0.379 e. The summed E-state index contributed by atoms with van der Waals surface area (Å²) < 4.78 is 32.8. The van der Waals surface area contributed by atoms with Crippen molar-refractivity contribution in [1.29, 1.82) is 0 Å². The zero-order valence-corrected chi connectivity index (χ0v) is 13.1. The molecule has 0 spiro atoms. The van der Waals surface area contributed by atoms with Crippen LogP contribution in [0.15, 0.2) is 23.1 Å². The highest BCUT2D eigenvalue weighted by atomic mass is 35.5. The van der Waals surface area contributed by atoms with Gasteiger partial charge in [-0.2, -0.15) is 0 Å². The lowest BCUT2D eigenvalue weighted by Crippen LogP contribution is -2.46. The fourth-order valence-corrected chi connectivity index (χ4v) is 3.83. The highest BCUT2D eigenvalue weighted by Gasteiger charge is 2.34. The summed E-state index contributed by atoms with van der Waals surface area (Å²) in [4.78, 5) is 0.222. The van der Waals surface area contributed by atoms with E-state index in [4.69, 9.17) is 16.3 Å². The van der Waals surface area contributed by atoms with Gasteiger partial charge in [0.1, 0.15) is 0 Å². The zero-order valence-electron chi connectivity index (χ0n) is 11.6. The highest BCUT2D eigenvalue weighted by Crippen LogP contribution is 2.24. The summed E-state index contributed by atoms with van der Waals surface area (Å²) in [6, 6.07) is 4.72. The van der Waals surface area contributed by atoms with Crippen LogP contribution in [0.1, 0.15) is 18.9 Å². The first-order chi connectivity index (χ1) is 9.36. The molecule has 2 rings (SSSR count). The standard InChI is InChI=1S/C13H19ClN2O3S/c1-13(5-6-19-9-13)16-20(17,18)11-3-4-12(14)10(7-11)8-15-2/h3-4,7,15-16H,5-6,8-9H2,1-2H3. The molecule has 1 unspecified atom stereocenters. The summed E-state index contributed by atoms with van der Waals surface area (Å²) in [5, 5.41) is 3.51. The van der Waals surface area contributed by atoms with Crippen LogP contribution in [0.5, 0.6) is 0 Å². The van der Waals surface area contributed by atoms with Crippen molar-refractivity contribution in [2.45, 2.75) is 30.3 Å². The fraction of sp³-hybridized carbons (Fsp3) is 0.538. The average Bonchev–Trinajstić information content (AvgIpc) is 2.77. The van der Waals surface area contributed by atoms with Gasteiger partial charge in [-0.3, -0.25) is 0 Å². The molecule has 1 aromatic rings. The van der Waals surface area contributed by atoms with Crippen molar-refractivity contribution >= 4 is 21.6 Å². The number of halogens is 1. The molecular formula is C13H19ClN2O3S. The molecule has 7 heteroatoms. The fourth-order valence-electron chi connectivity index (χ4n) is 2.18. The normalized spacial score (nSPS) is 23.1. The van der Waals surface area contributed by atoms with Crippen LogP contribution < -0.4 is 10.0 Å². The van der Waals surface area contributed by atoms with Crippen molar-refractivity contribution in [3.63, 3.8) is 0 Å². The van der Waals surface area contributed by atoms with Crippen molar-refractivity contribution in [1.82, 2.24) is 10.0 Å². The number of rotatable bonds is 5. The van der Waals surface area contributed by atoms with E-state index in [2.05, 4.69) is 10.0 Å². The number of hydrogen-bond donors (Lipinski definition) is 2. The van der Waals surface area contributed by atoms with Gasteiger partial charge < -0.3 is 10.1 Å². The smallest absolute Gasteiger partial charge is 0.241 e. The van der Waals surface area contributed by atoms with Crippen LogP contribution in [0, 0.1) is 0 Å². The van der Waals surface area contributed by atoms with E-state index < -0.39 is 15.6 Å². The monoisotopic (exact) mass is 318 g/mol. The number of benzene rings is 1. The van der Waals surface area contributed by atoms with Crippen molar-refractivity contribution in [2.75, 3.05) is 20.3 Å². The maximum atomic E-state index is 12.4. The molecule has 0 bridgehead atoms. The first-order valence-electron chi connectivity index (χ1n) is 6.41. The van der Waals surface area contributed by atoms with Gasteiger partial charge in [0.2, 0.25) is 10.0 Å². The second-order valence-corrected chi connectivity index (χ2v) is 7.34. The van der Waals surface area contributed by atoms with Gasteiger partial charge in [0, 0.05) is 18.2 Å². The predicted octanol–water partition coefficient (Wildman–Crippen LogP) is 1.52. The van der Waals surface area contributed by atoms with E-state index in [9.17, 15) is 8.42 Å². The Hall–Kier alpha value is -0.660. The molecule has 0 amide bonds. The molecule has 20 heavy (non-hydrogen) atoms. The van der Waals surface area contributed by atoms with Gasteiger partial charge in [0.05, 0.1) is 17.0 Å². The van der Waals surface area contributed by atoms with E-state index in [1.165, 1.54) is 6.07 Å². The lowest BCUT2D eigenvalue weighted by atomic mass is 10.0. The molecule has 0 aromatic heterocycles. The van der Waals surface area contributed by atoms with Crippen LogP contribution in [-0.4, -0.2) is 34.2 Å². The van der Waals surface area contributed by atoms with E-state index in [0.717, 1.165) is 5.56 Å². The number of sulfonamides is 1. The molecule has 1 aliphatic rings. The maximum absolute atomic E-state index is 12.4. The van der Waals surface area contributed by atoms with Gasteiger partial charge in [-0.05, 0) is 44.2 Å². The Kier molecular flexibility index (Phi) is 4.71. The van der Waals surface area contributed by atoms with Gasteiger partial charge in [-0.1, -0.05) is 11.6 Å². The third-order valence-corrected chi connectivity index (χ3v) is 5.30. The Labute approximate surface area is 124 Å². The van der Waals surface area contributed by atoms with E-state index >= 15 is 0 Å². The maximum Gasteiger partial charge on any atom is 0.241 e. The molecule has 1 aromatic carbocycles. The van der Waals surface area contributed by atoms with Crippen LogP contribution in [0.2, 0.25) is 5.02 Å². The predicted molar refractivity (Wildman–Crippen MR) is 78.4 cm³/mol. The van der Waals surface area contributed by atoms with E-state index in [1.54, 1.807) is 19.2 Å². The molecule has 0 aliphatic carbocycles. The minimum Gasteiger partial charge on any atom is -0.379 e. The molecule has 2 N–H and O–H groups in total. The van der Waals surface area contributed by atoms with Gasteiger partial charge in [-0.25, -0.2) is 13.1 Å². The van der Waals surface area contributed by atoms with Gasteiger partial charge in [-0.15, -0.1) is 0 Å². The third-order valence-electron chi connectivity index (χ3n) is 3.29. The Bertz CT molecular complexity index is 583. The quantitative estimate of drug-likeness (QED) is 0.863. The molecule has 5 nitrogen and oxygen atoms in total. The summed E-state index contributed by atoms with van der Waals surface area (Å²) in [6.45, 7) is 3.33. The lowest BCUT2D eigenvalue weighted by molar-refractivity contribution is 0.178. The molecule has 1 heterocycles. The first-order valence-corrected chi connectivity index (χ1v) is 8.27. The van der Waals surface area contributed by atoms with Crippen LogP contribution in [0.4, 0.5) is 0 Å². The molecule has 1 aliphatic heterocycles. The van der Waals surface area contributed by atoms with Crippen molar-refractivity contribution in [2.24, 2.45) is 0 Å². The summed E-state index contributed by atoms with van der Waals surface area (Å²) in [7, 11) is -1.79. The van der Waals surface area contributed by atoms with Crippen LogP contribution in [-0.2, 0) is 21.3 Å². The van der Waals surface area contributed by atoms with Crippen LogP contribution in [0.25, 0.3) is 0 Å². The van der Waals surface area contributed by atoms with Crippen molar-refractivity contribution in [3.05, 3.63) is 28.8 Å².